The summed E-state index contributed by atoms with van der Waals surface area (Å²) in [7, 11) is 0. The molecule has 20 heavy (non-hydrogen) atoms. The molecule has 0 heterocycles. The molecule has 1 aromatic rings. The number of hydrogen-bond donors (Lipinski definition) is 2. The first-order valence-electron chi connectivity index (χ1n) is 6.58. The lowest BCUT2D eigenvalue weighted by atomic mass is 9.87. The maximum atomic E-state index is 13.6. The maximum Gasteiger partial charge on any atom is 0.257 e. The van der Waals surface area contributed by atoms with Crippen molar-refractivity contribution in [1.82, 2.24) is 5.32 Å². The van der Waals surface area contributed by atoms with Gasteiger partial charge in [-0.25, -0.2) is 8.78 Å². The van der Waals surface area contributed by atoms with E-state index in [-0.39, 0.29) is 16.5 Å². The molecule has 3 nitrogen and oxygen atoms in total. The number of halogens is 3. The van der Waals surface area contributed by atoms with Crippen molar-refractivity contribution in [3.63, 3.8) is 0 Å². The molecule has 0 spiro atoms. The van der Waals surface area contributed by atoms with Gasteiger partial charge in [-0.15, -0.1) is 0 Å². The molecule has 1 saturated carbocycles. The number of amides is 1. The molecule has 1 aliphatic rings. The summed E-state index contributed by atoms with van der Waals surface area (Å²) >= 11 is 2.96. The van der Waals surface area contributed by atoms with Crippen LogP contribution in [0, 0.1) is 17.6 Å². The monoisotopic (exact) mass is 347 g/mol. The second-order valence-electron chi connectivity index (χ2n) is 5.14. The van der Waals surface area contributed by atoms with Crippen molar-refractivity contribution in [2.24, 2.45) is 5.92 Å². The van der Waals surface area contributed by atoms with Crippen molar-refractivity contribution in [1.29, 1.82) is 0 Å². The Bertz CT molecular complexity index is 487. The molecular formula is C14H16BrF2NO2. The highest BCUT2D eigenvalue weighted by molar-refractivity contribution is 9.10. The van der Waals surface area contributed by atoms with Crippen LogP contribution in [-0.2, 0) is 0 Å². The van der Waals surface area contributed by atoms with E-state index in [1.54, 1.807) is 0 Å². The van der Waals surface area contributed by atoms with Crippen molar-refractivity contribution >= 4 is 21.8 Å². The van der Waals surface area contributed by atoms with E-state index >= 15 is 0 Å². The van der Waals surface area contributed by atoms with Crippen LogP contribution in [0.5, 0.6) is 0 Å². The van der Waals surface area contributed by atoms with Crippen LogP contribution in [0.1, 0.15) is 36.0 Å². The molecule has 6 heteroatoms. The summed E-state index contributed by atoms with van der Waals surface area (Å²) in [6.45, 7) is 0.324. The van der Waals surface area contributed by atoms with Gasteiger partial charge >= 0.3 is 0 Å². The summed E-state index contributed by atoms with van der Waals surface area (Å²) in [4.78, 5) is 11.9. The molecule has 0 aliphatic heterocycles. The van der Waals surface area contributed by atoms with Gasteiger partial charge in [-0.3, -0.25) is 4.79 Å². The van der Waals surface area contributed by atoms with Crippen molar-refractivity contribution in [3.05, 3.63) is 33.8 Å². The predicted octanol–water partition coefficient (Wildman–Crippen LogP) is 3.01. The molecule has 0 aromatic heterocycles. The quantitative estimate of drug-likeness (QED) is 0.882. The second kappa shape index (κ2) is 6.63. The summed E-state index contributed by atoms with van der Waals surface area (Å²) in [5.74, 6) is -2.38. The van der Waals surface area contributed by atoms with Crippen LogP contribution in [0.15, 0.2) is 16.6 Å². The van der Waals surface area contributed by atoms with Gasteiger partial charge in [0.05, 0.1) is 6.10 Å². The van der Waals surface area contributed by atoms with E-state index in [4.69, 9.17) is 0 Å². The Morgan fingerprint density at radius 3 is 2.60 bits per heavy atom. The number of aliphatic hydroxyl groups excluding tert-OH is 1. The summed E-state index contributed by atoms with van der Waals surface area (Å²) in [6.07, 6.45) is 2.86. The number of carbonyl (C=O) groups is 1. The molecular weight excluding hydrogens is 332 g/mol. The van der Waals surface area contributed by atoms with Crippen LogP contribution in [0.4, 0.5) is 8.78 Å². The van der Waals surface area contributed by atoms with Gasteiger partial charge in [0, 0.05) is 11.0 Å². The van der Waals surface area contributed by atoms with Gasteiger partial charge in [0.1, 0.15) is 17.2 Å². The Morgan fingerprint density at radius 2 is 2.00 bits per heavy atom. The Kier molecular flexibility index (Phi) is 5.10. The Labute approximate surface area is 124 Å². The highest BCUT2D eigenvalue weighted by atomic mass is 79.9. The number of aliphatic hydroxyl groups is 1. The van der Waals surface area contributed by atoms with Crippen LogP contribution in [-0.4, -0.2) is 23.7 Å². The smallest absolute Gasteiger partial charge is 0.257 e. The zero-order valence-corrected chi connectivity index (χ0v) is 12.4. The molecule has 1 amide bonds. The van der Waals surface area contributed by atoms with Crippen LogP contribution < -0.4 is 5.32 Å². The molecule has 0 unspecified atom stereocenters. The molecule has 2 N–H and O–H groups in total. The van der Waals surface area contributed by atoms with Crippen LogP contribution in [0.25, 0.3) is 0 Å². The predicted molar refractivity (Wildman–Crippen MR) is 74.4 cm³/mol. The zero-order chi connectivity index (χ0) is 14.7. The standard InChI is InChI=1S/C14H16BrF2NO2/c15-9-5-11(16)13(12(17)6-9)14(20)18-7-8-2-1-3-10(19)4-8/h5-6,8,10,19H,1-4,7H2,(H,18,20)/t8-,10-/m1/s1. The summed E-state index contributed by atoms with van der Waals surface area (Å²) in [5.41, 5.74) is -0.565. The second-order valence-corrected chi connectivity index (χ2v) is 6.06. The molecule has 1 aromatic carbocycles. The molecule has 2 atom stereocenters. The Hall–Kier alpha value is -1.01. The molecule has 0 radical (unpaired) electrons. The highest BCUT2D eigenvalue weighted by Gasteiger charge is 2.23. The third kappa shape index (κ3) is 3.76. The zero-order valence-electron chi connectivity index (χ0n) is 10.8. The lowest BCUT2D eigenvalue weighted by Crippen LogP contribution is -2.33. The van der Waals surface area contributed by atoms with Crippen molar-refractivity contribution in [2.45, 2.75) is 31.8 Å². The van der Waals surface area contributed by atoms with E-state index in [2.05, 4.69) is 21.2 Å². The lowest BCUT2D eigenvalue weighted by molar-refractivity contribution is 0.0867. The van der Waals surface area contributed by atoms with Gasteiger partial charge in [-0.1, -0.05) is 22.4 Å². The van der Waals surface area contributed by atoms with Gasteiger partial charge in [-0.2, -0.15) is 0 Å². The first kappa shape index (κ1) is 15.4. The number of benzene rings is 1. The van der Waals surface area contributed by atoms with E-state index in [1.807, 2.05) is 0 Å². The average Bonchev–Trinajstić information content (AvgIpc) is 2.35. The number of carbonyl (C=O) groups excluding carboxylic acids is 1. The van der Waals surface area contributed by atoms with Gasteiger partial charge in [-0.05, 0) is 37.3 Å². The van der Waals surface area contributed by atoms with E-state index in [0.29, 0.717) is 13.0 Å². The third-order valence-corrected chi connectivity index (χ3v) is 4.00. The first-order chi connectivity index (χ1) is 9.47. The molecule has 1 fully saturated rings. The van der Waals surface area contributed by atoms with Gasteiger partial charge < -0.3 is 10.4 Å². The Morgan fingerprint density at radius 1 is 1.35 bits per heavy atom. The van der Waals surface area contributed by atoms with Gasteiger partial charge in [0.15, 0.2) is 0 Å². The highest BCUT2D eigenvalue weighted by Crippen LogP contribution is 2.24. The van der Waals surface area contributed by atoms with Crippen molar-refractivity contribution < 1.29 is 18.7 Å². The van der Waals surface area contributed by atoms with Crippen molar-refractivity contribution in [3.8, 4) is 0 Å². The molecule has 2 rings (SSSR count). The van der Waals surface area contributed by atoms with E-state index < -0.39 is 23.1 Å². The number of hydrogen-bond acceptors (Lipinski definition) is 2. The summed E-state index contributed by atoms with van der Waals surface area (Å²) in [5, 5.41) is 12.1. The normalized spacial score (nSPS) is 22.6. The number of rotatable bonds is 3. The number of nitrogens with one attached hydrogen (secondary N) is 1. The van der Waals surface area contributed by atoms with Crippen LogP contribution in [0.3, 0.4) is 0 Å². The van der Waals surface area contributed by atoms with Gasteiger partial charge in [0.2, 0.25) is 0 Å². The van der Waals surface area contributed by atoms with Gasteiger partial charge in [0.25, 0.3) is 5.91 Å². The van der Waals surface area contributed by atoms with Crippen molar-refractivity contribution in [2.75, 3.05) is 6.54 Å². The van der Waals surface area contributed by atoms with E-state index in [1.165, 1.54) is 0 Å². The fourth-order valence-electron chi connectivity index (χ4n) is 2.53. The summed E-state index contributed by atoms with van der Waals surface area (Å²) < 4.78 is 27.5. The minimum atomic E-state index is -0.891. The minimum Gasteiger partial charge on any atom is -0.393 e. The average molecular weight is 348 g/mol. The molecule has 0 bridgehead atoms. The fourth-order valence-corrected chi connectivity index (χ4v) is 2.93. The largest absolute Gasteiger partial charge is 0.393 e. The first-order valence-corrected chi connectivity index (χ1v) is 7.37. The van der Waals surface area contributed by atoms with E-state index in [0.717, 1.165) is 31.4 Å². The fraction of sp³-hybridized carbons (Fsp3) is 0.500. The molecule has 0 saturated heterocycles. The topological polar surface area (TPSA) is 49.3 Å². The third-order valence-electron chi connectivity index (χ3n) is 3.54. The molecule has 110 valence electrons. The lowest BCUT2D eigenvalue weighted by Gasteiger charge is -2.25. The molecule has 1 aliphatic carbocycles. The maximum absolute atomic E-state index is 13.6. The van der Waals surface area contributed by atoms with E-state index in [9.17, 15) is 18.7 Å². The summed E-state index contributed by atoms with van der Waals surface area (Å²) in [6, 6.07) is 2.12. The van der Waals surface area contributed by atoms with Crippen LogP contribution in [0.2, 0.25) is 0 Å². The van der Waals surface area contributed by atoms with Crippen LogP contribution >= 0.6 is 15.9 Å². The Balaban J connectivity index is 1.98. The SMILES string of the molecule is O=C(NC[C@@H]1CCC[C@@H](O)C1)c1c(F)cc(Br)cc1F. The minimum absolute atomic E-state index is 0.157.